The molecule has 1 aliphatic heterocycles. The third-order valence-corrected chi connectivity index (χ3v) is 6.07. The van der Waals surface area contributed by atoms with Crippen LogP contribution in [0.15, 0.2) is 23.4 Å². The number of nitrogens with one attached hydrogen (secondary N) is 1. The molecule has 1 amide bonds. The molecule has 2 aliphatic rings. The Kier molecular flexibility index (Phi) is 5.87. The number of nitrogens with zero attached hydrogens (tertiary/aromatic N) is 6. The molecule has 1 aromatic carbocycles. The summed E-state index contributed by atoms with van der Waals surface area (Å²) in [6, 6.07) is 4.32. The third-order valence-electron chi connectivity index (χ3n) is 5.14. The molecule has 0 unspecified atom stereocenters. The smallest absolute Gasteiger partial charge is 0.369 e. The first-order chi connectivity index (χ1) is 14.3. The van der Waals surface area contributed by atoms with Gasteiger partial charge in [0, 0.05) is 31.9 Å². The fraction of sp³-hybridized carbons (Fsp3) is 0.556. The molecule has 0 radical (unpaired) electrons. The van der Waals surface area contributed by atoms with Gasteiger partial charge >= 0.3 is 6.18 Å². The summed E-state index contributed by atoms with van der Waals surface area (Å²) in [6.45, 7) is 2.90. The second-order valence-corrected chi connectivity index (χ2v) is 8.43. The van der Waals surface area contributed by atoms with Crippen molar-refractivity contribution in [1.29, 1.82) is 0 Å². The molecule has 1 N–H and O–H groups in total. The van der Waals surface area contributed by atoms with Crippen LogP contribution in [-0.2, 0) is 11.0 Å². The highest BCUT2D eigenvalue weighted by Gasteiger charge is 2.35. The van der Waals surface area contributed by atoms with Crippen LogP contribution in [0.2, 0.25) is 0 Å². The minimum atomic E-state index is -4.57. The van der Waals surface area contributed by atoms with Gasteiger partial charge in [-0.25, -0.2) is 4.68 Å². The highest BCUT2D eigenvalue weighted by molar-refractivity contribution is 7.99. The molecule has 12 heteroatoms. The Morgan fingerprint density at radius 3 is 2.63 bits per heavy atom. The molecule has 0 bridgehead atoms. The highest BCUT2D eigenvalue weighted by Crippen LogP contribution is 2.38. The highest BCUT2D eigenvalue weighted by atomic mass is 32.2. The zero-order chi connectivity index (χ0) is 21.3. The lowest BCUT2D eigenvalue weighted by molar-refractivity contribution is -0.136. The van der Waals surface area contributed by atoms with Crippen molar-refractivity contribution in [2.45, 2.75) is 30.2 Å². The summed E-state index contributed by atoms with van der Waals surface area (Å²) >= 11 is 1.11. The summed E-state index contributed by atoms with van der Waals surface area (Å²) < 4.78 is 42.6. The number of tetrazole rings is 1. The van der Waals surface area contributed by atoms with Gasteiger partial charge in [-0.2, -0.15) is 13.2 Å². The Hall–Kier alpha value is -2.34. The van der Waals surface area contributed by atoms with E-state index in [-0.39, 0.29) is 17.5 Å². The molecule has 1 saturated carbocycles. The summed E-state index contributed by atoms with van der Waals surface area (Å²) in [5.74, 6) is -0.617. The maximum atomic E-state index is 13.7. The van der Waals surface area contributed by atoms with E-state index in [0.717, 1.165) is 43.8 Å². The van der Waals surface area contributed by atoms with Gasteiger partial charge in [-0.15, -0.1) is 5.10 Å². The first-order valence-corrected chi connectivity index (χ1v) is 10.6. The van der Waals surface area contributed by atoms with Crippen LogP contribution in [0.25, 0.3) is 0 Å². The second-order valence-electron chi connectivity index (χ2n) is 7.49. The zero-order valence-electron chi connectivity index (χ0n) is 16.4. The van der Waals surface area contributed by atoms with Crippen molar-refractivity contribution in [1.82, 2.24) is 25.1 Å². The van der Waals surface area contributed by atoms with Crippen molar-refractivity contribution in [3.8, 4) is 0 Å². The van der Waals surface area contributed by atoms with Crippen molar-refractivity contribution in [3.63, 3.8) is 0 Å². The minimum absolute atomic E-state index is 0.0788. The summed E-state index contributed by atoms with van der Waals surface area (Å²) in [6.07, 6.45) is -2.60. The lowest BCUT2D eigenvalue weighted by Gasteiger charge is -2.34. The van der Waals surface area contributed by atoms with Crippen molar-refractivity contribution in [2.75, 3.05) is 49.2 Å². The zero-order valence-corrected chi connectivity index (χ0v) is 17.2. The van der Waals surface area contributed by atoms with Gasteiger partial charge in [0.1, 0.15) is 0 Å². The predicted octanol–water partition coefficient (Wildman–Crippen LogP) is 2.51. The number of carbonyl (C=O) groups is 1. The van der Waals surface area contributed by atoms with Gasteiger partial charge < -0.3 is 15.1 Å². The van der Waals surface area contributed by atoms with Gasteiger partial charge in [-0.3, -0.25) is 4.79 Å². The summed E-state index contributed by atoms with van der Waals surface area (Å²) in [5.41, 5.74) is -0.584. The molecule has 0 atom stereocenters. The number of alkyl halides is 3. The van der Waals surface area contributed by atoms with Crippen molar-refractivity contribution >= 4 is 29.0 Å². The molecule has 4 rings (SSSR count). The van der Waals surface area contributed by atoms with Crippen LogP contribution in [0.1, 0.15) is 24.4 Å². The van der Waals surface area contributed by atoms with Crippen LogP contribution >= 0.6 is 11.8 Å². The van der Waals surface area contributed by atoms with E-state index in [1.54, 1.807) is 10.7 Å². The summed E-state index contributed by atoms with van der Waals surface area (Å²) in [4.78, 5) is 16.4. The number of carbonyl (C=O) groups excluding carboxylic acids is 1. The molecule has 1 aromatic heterocycles. The van der Waals surface area contributed by atoms with E-state index in [9.17, 15) is 18.0 Å². The van der Waals surface area contributed by atoms with Gasteiger partial charge in [0.25, 0.3) is 0 Å². The Labute approximate surface area is 175 Å². The molecule has 1 saturated heterocycles. The average molecular weight is 441 g/mol. The van der Waals surface area contributed by atoms with E-state index >= 15 is 0 Å². The fourth-order valence-corrected chi connectivity index (χ4v) is 4.03. The number of likely N-dealkylation sites (N-methyl/N-ethyl adjacent to an activating group) is 1. The van der Waals surface area contributed by atoms with Crippen LogP contribution < -0.4 is 10.2 Å². The van der Waals surface area contributed by atoms with Crippen molar-refractivity contribution in [3.05, 3.63) is 23.8 Å². The lowest BCUT2D eigenvalue weighted by atomic mass is 10.1. The van der Waals surface area contributed by atoms with Gasteiger partial charge in [0.2, 0.25) is 11.1 Å². The molecule has 0 spiro atoms. The second kappa shape index (κ2) is 8.42. The van der Waals surface area contributed by atoms with Crippen molar-refractivity contribution in [2.24, 2.45) is 0 Å². The normalized spacial score (nSPS) is 17.9. The van der Waals surface area contributed by atoms with E-state index < -0.39 is 17.6 Å². The number of anilines is 2. The first kappa shape index (κ1) is 20.9. The van der Waals surface area contributed by atoms with Gasteiger partial charge in [0.15, 0.2) is 0 Å². The minimum Gasteiger partial charge on any atom is -0.369 e. The first-order valence-electron chi connectivity index (χ1n) is 9.66. The molecular weight excluding hydrogens is 419 g/mol. The quantitative estimate of drug-likeness (QED) is 0.690. The van der Waals surface area contributed by atoms with Crippen LogP contribution in [0, 0.1) is 0 Å². The SMILES string of the molecule is CN1CCN(c2ccc(NC(=O)CSc3nnnn3C3CC3)c(C(F)(F)F)c2)CC1. The van der Waals surface area contributed by atoms with E-state index in [1.807, 2.05) is 11.9 Å². The standard InChI is InChI=1S/C18H22F3N7OS/c1-26-6-8-27(9-7-26)13-4-5-15(14(10-13)18(19,20)21)22-16(29)11-30-17-23-24-25-28(17)12-2-3-12/h4-5,10,12H,2-3,6-9,11H2,1H3,(H,22,29). The number of amides is 1. The molecule has 2 fully saturated rings. The largest absolute Gasteiger partial charge is 0.418 e. The maximum Gasteiger partial charge on any atom is 0.418 e. The van der Waals surface area contributed by atoms with Gasteiger partial charge in [-0.05, 0) is 48.5 Å². The van der Waals surface area contributed by atoms with Crippen LogP contribution in [0.5, 0.6) is 0 Å². The average Bonchev–Trinajstić information content (AvgIpc) is 3.44. The summed E-state index contributed by atoms with van der Waals surface area (Å²) in [5, 5.41) is 14.3. The molecule has 8 nitrogen and oxygen atoms in total. The van der Waals surface area contributed by atoms with E-state index in [0.29, 0.717) is 23.9 Å². The lowest BCUT2D eigenvalue weighted by Crippen LogP contribution is -2.44. The number of halogens is 3. The topological polar surface area (TPSA) is 79.2 Å². The predicted molar refractivity (Wildman–Crippen MR) is 107 cm³/mol. The molecular formula is C18H22F3N7OS. The maximum absolute atomic E-state index is 13.7. The Morgan fingerprint density at radius 1 is 1.23 bits per heavy atom. The van der Waals surface area contributed by atoms with E-state index in [2.05, 4.69) is 25.7 Å². The fourth-order valence-electron chi connectivity index (χ4n) is 3.28. The molecule has 30 heavy (non-hydrogen) atoms. The summed E-state index contributed by atoms with van der Waals surface area (Å²) in [7, 11) is 1.98. The number of aromatic nitrogens is 4. The Morgan fingerprint density at radius 2 is 1.97 bits per heavy atom. The molecule has 162 valence electrons. The van der Waals surface area contributed by atoms with E-state index in [4.69, 9.17) is 0 Å². The Bertz CT molecular complexity index is 907. The Balaban J connectivity index is 1.44. The van der Waals surface area contributed by atoms with Crippen LogP contribution in [0.4, 0.5) is 24.5 Å². The molecule has 2 heterocycles. The van der Waals surface area contributed by atoms with Gasteiger partial charge in [-0.1, -0.05) is 11.8 Å². The van der Waals surface area contributed by atoms with Crippen LogP contribution in [0.3, 0.4) is 0 Å². The third kappa shape index (κ3) is 4.86. The van der Waals surface area contributed by atoms with Gasteiger partial charge in [0.05, 0.1) is 23.0 Å². The van der Waals surface area contributed by atoms with Crippen molar-refractivity contribution < 1.29 is 18.0 Å². The number of rotatable bonds is 6. The number of benzene rings is 1. The monoisotopic (exact) mass is 441 g/mol. The van der Waals surface area contributed by atoms with Crippen LogP contribution in [-0.4, -0.2) is 70.0 Å². The number of piperazine rings is 1. The number of thioether (sulfide) groups is 1. The number of hydrogen-bond acceptors (Lipinski definition) is 7. The van der Waals surface area contributed by atoms with E-state index in [1.165, 1.54) is 6.07 Å². The number of hydrogen-bond donors (Lipinski definition) is 1. The molecule has 1 aliphatic carbocycles. The molecule has 2 aromatic rings.